The van der Waals surface area contributed by atoms with Crippen molar-refractivity contribution in [3.8, 4) is 0 Å². The van der Waals surface area contributed by atoms with Crippen LogP contribution >= 0.6 is 11.6 Å². The predicted molar refractivity (Wildman–Crippen MR) is 152 cm³/mol. The van der Waals surface area contributed by atoms with Gasteiger partial charge in [0.05, 0.1) is 12.9 Å². The number of halogens is 4. The number of hydrogen-bond acceptors (Lipinski definition) is 11. The molecule has 4 atom stereocenters. The molecule has 0 spiro atoms. The molecule has 2 aliphatic heterocycles. The first-order valence-electron chi connectivity index (χ1n) is 13.6. The van der Waals surface area contributed by atoms with Gasteiger partial charge in [0.15, 0.2) is 23.1 Å². The number of ether oxygens (including phenoxy) is 1. The smallest absolute Gasteiger partial charge is 0.414 e. The number of fused-ring (bicyclic) bond motifs is 2. The molecule has 2 saturated heterocycles. The molecule has 0 amide bonds. The van der Waals surface area contributed by atoms with Crippen LogP contribution in [0.5, 0.6) is 0 Å². The Morgan fingerprint density at radius 2 is 1.62 bits per heavy atom. The molecule has 19 heteroatoms. The topological polar surface area (TPSA) is 150 Å². The van der Waals surface area contributed by atoms with Crippen molar-refractivity contribution in [2.75, 3.05) is 12.3 Å². The maximum atomic E-state index is 13.7. The average Bonchev–Trinajstić information content (AvgIpc) is 3.38. The summed E-state index contributed by atoms with van der Waals surface area (Å²) in [6.45, 7) is 15.6. The normalized spacial score (nSPS) is 26.8. The fraction of sp³-hybridized carbons (Fsp3) is 0.783. The summed E-state index contributed by atoms with van der Waals surface area (Å²) >= 11 is 6.17. The van der Waals surface area contributed by atoms with Crippen LogP contribution in [0.4, 0.5) is 19.1 Å². The minimum atomic E-state index is -6.11. The second-order valence-corrected chi connectivity index (χ2v) is 22.5. The minimum Gasteiger partial charge on any atom is -0.414 e. The van der Waals surface area contributed by atoms with Gasteiger partial charge in [-0.2, -0.15) is 31.6 Å². The molecule has 12 nitrogen and oxygen atoms in total. The van der Waals surface area contributed by atoms with E-state index in [1.165, 1.54) is 10.9 Å². The second kappa shape index (κ2) is 11.5. The Hall–Kier alpha value is -1.39. The van der Waals surface area contributed by atoms with Crippen LogP contribution in [0.3, 0.4) is 0 Å². The Morgan fingerprint density at radius 3 is 2.14 bits per heavy atom. The molecule has 0 aromatic carbocycles. The third-order valence-corrected chi connectivity index (χ3v) is 19.4. The zero-order valence-electron chi connectivity index (χ0n) is 24.5. The summed E-state index contributed by atoms with van der Waals surface area (Å²) in [6, 6.07) is 0. The van der Waals surface area contributed by atoms with Crippen LogP contribution in [0.25, 0.3) is 11.2 Å². The van der Waals surface area contributed by atoms with Gasteiger partial charge in [0.1, 0.15) is 17.7 Å². The van der Waals surface area contributed by atoms with Crippen LogP contribution in [-0.2, 0) is 32.0 Å². The van der Waals surface area contributed by atoms with E-state index in [1.807, 2.05) is 55.4 Å². The van der Waals surface area contributed by atoms with Gasteiger partial charge in [-0.25, -0.2) is 4.98 Å². The first-order chi connectivity index (χ1) is 19.3. The number of nitrogens with two attached hydrogens (primary N) is 1. The summed E-state index contributed by atoms with van der Waals surface area (Å²) in [7, 11) is -12.6. The van der Waals surface area contributed by atoms with E-state index >= 15 is 0 Å². The number of aromatic nitrogens is 4. The molecule has 2 aliphatic rings. The highest BCUT2D eigenvalue weighted by Crippen LogP contribution is 2.49. The van der Waals surface area contributed by atoms with Gasteiger partial charge < -0.3 is 23.4 Å². The van der Waals surface area contributed by atoms with E-state index in [9.17, 15) is 21.6 Å². The van der Waals surface area contributed by atoms with Crippen LogP contribution in [0, 0.1) is 0 Å². The van der Waals surface area contributed by atoms with E-state index in [4.69, 9.17) is 39.2 Å². The Labute approximate surface area is 250 Å². The molecule has 0 unspecified atom stereocenters. The van der Waals surface area contributed by atoms with Gasteiger partial charge in [0.25, 0.3) is 0 Å². The van der Waals surface area contributed by atoms with Crippen molar-refractivity contribution in [2.24, 2.45) is 0 Å². The lowest BCUT2D eigenvalue weighted by Crippen LogP contribution is -2.66. The third-order valence-electron chi connectivity index (χ3n) is 7.81. The van der Waals surface area contributed by atoms with Gasteiger partial charge in [-0.1, -0.05) is 67.0 Å². The van der Waals surface area contributed by atoms with E-state index < -0.39 is 57.3 Å². The molecule has 4 heterocycles. The third kappa shape index (κ3) is 5.62. The summed E-state index contributed by atoms with van der Waals surface area (Å²) in [5.41, 5.74) is -0.292. The zero-order chi connectivity index (χ0) is 31.6. The lowest BCUT2D eigenvalue weighted by molar-refractivity contribution is -0.0694. The number of nitrogens with zero attached hydrogens (tertiary/aromatic N) is 4. The number of alkyl halides is 3. The number of hydrogen-bond donors (Lipinski definition) is 1. The van der Waals surface area contributed by atoms with Crippen LogP contribution in [0.1, 0.15) is 61.6 Å². The van der Waals surface area contributed by atoms with Crippen LogP contribution in [0.15, 0.2) is 6.33 Å². The molecule has 0 bridgehead atoms. The van der Waals surface area contributed by atoms with Gasteiger partial charge >= 0.3 is 32.7 Å². The van der Waals surface area contributed by atoms with Crippen molar-refractivity contribution < 1.29 is 43.5 Å². The molecule has 238 valence electrons. The Balaban J connectivity index is 1.92. The molecule has 2 N–H and O–H groups in total. The highest BCUT2D eigenvalue weighted by molar-refractivity contribution is 7.87. The fourth-order valence-electron chi connectivity index (χ4n) is 5.73. The summed E-state index contributed by atoms with van der Waals surface area (Å²) in [4.78, 5) is 12.1. The fourth-order valence-corrected chi connectivity index (χ4v) is 17.8. The average molecular weight is 676 g/mol. The molecular formula is C23H37ClF3N5O7SSi2. The second-order valence-electron chi connectivity index (χ2n) is 11.8. The largest absolute Gasteiger partial charge is 0.523 e. The van der Waals surface area contributed by atoms with Crippen LogP contribution in [-0.4, -0.2) is 75.5 Å². The van der Waals surface area contributed by atoms with E-state index in [0.29, 0.717) is 0 Å². The molecule has 0 radical (unpaired) electrons. The lowest BCUT2D eigenvalue weighted by Gasteiger charge is -2.51. The molecule has 2 aromatic heterocycles. The van der Waals surface area contributed by atoms with Gasteiger partial charge in [-0.3, -0.25) is 8.75 Å². The van der Waals surface area contributed by atoms with E-state index in [-0.39, 0.29) is 51.0 Å². The molecule has 42 heavy (non-hydrogen) atoms. The van der Waals surface area contributed by atoms with Gasteiger partial charge in [-0.15, -0.1) is 0 Å². The quantitative estimate of drug-likeness (QED) is 0.180. The molecule has 2 aromatic rings. The Morgan fingerprint density at radius 1 is 1.05 bits per heavy atom. The van der Waals surface area contributed by atoms with E-state index in [2.05, 4.69) is 15.0 Å². The summed E-state index contributed by atoms with van der Waals surface area (Å²) in [5, 5.41) is -0.107. The van der Waals surface area contributed by atoms with Crippen LogP contribution in [0.2, 0.25) is 27.3 Å². The van der Waals surface area contributed by atoms with Gasteiger partial charge in [0.2, 0.25) is 5.95 Å². The van der Waals surface area contributed by atoms with Crippen LogP contribution < -0.4 is 5.73 Å². The van der Waals surface area contributed by atoms with Gasteiger partial charge in [0, 0.05) is 0 Å². The molecule has 0 saturated carbocycles. The maximum absolute atomic E-state index is 13.7. The van der Waals surface area contributed by atoms with Crippen molar-refractivity contribution in [1.82, 2.24) is 19.5 Å². The Kier molecular flexibility index (Phi) is 9.19. The standard InChI is InChI=1S/C23H37ClF3N5O7SSi2/c1-11(2)41(12(3)4)35-9-15-17(38-42(39-41,13(5)6)14(7)8)18(37-40(33,34)23(25,26)27)21(36-15)32-10-29-16-19(24)30-22(28)31-20(16)32/h10-15,17-18,21H,9H2,1-8H3,(H2,28,30,31)/t15-,17-,18-,21-/m1/s1. The molecule has 4 rings (SSSR count). The summed E-state index contributed by atoms with van der Waals surface area (Å²) in [5.74, 6) is -0.234. The van der Waals surface area contributed by atoms with Crippen molar-refractivity contribution in [3.05, 3.63) is 11.5 Å². The molecular weight excluding hydrogens is 639 g/mol. The number of imidazole rings is 1. The molecule has 0 aliphatic carbocycles. The maximum Gasteiger partial charge on any atom is 0.523 e. The first kappa shape index (κ1) is 33.5. The molecule has 2 fully saturated rings. The SMILES string of the molecule is CC(C)[Si]1(C(C)C)OC[C@H]2O[C@@H](n3cnc4c(Cl)nc(N)nc43)[C@H](OS(=O)(=O)C(F)(F)F)[C@@H]2O[Si](C(C)C)(C(C)C)O1. The minimum absolute atomic E-state index is 0.00579. The Bertz CT molecular complexity index is 1400. The predicted octanol–water partition coefficient (Wildman–Crippen LogP) is 5.15. The first-order valence-corrected chi connectivity index (χ1v) is 19.3. The van der Waals surface area contributed by atoms with Crippen molar-refractivity contribution in [3.63, 3.8) is 0 Å². The summed E-state index contributed by atoms with van der Waals surface area (Å²) in [6.07, 6.45) is -4.51. The highest BCUT2D eigenvalue weighted by atomic mass is 35.5. The lowest BCUT2D eigenvalue weighted by atomic mass is 10.1. The van der Waals surface area contributed by atoms with Crippen molar-refractivity contribution in [1.29, 1.82) is 0 Å². The van der Waals surface area contributed by atoms with E-state index in [0.717, 1.165) is 0 Å². The van der Waals surface area contributed by atoms with Gasteiger partial charge in [-0.05, 0) is 22.2 Å². The van der Waals surface area contributed by atoms with E-state index in [1.54, 1.807) is 0 Å². The number of anilines is 1. The van der Waals surface area contributed by atoms with Crippen molar-refractivity contribution in [2.45, 2.75) is 108 Å². The number of rotatable bonds is 7. The zero-order valence-corrected chi connectivity index (χ0v) is 28.1. The summed E-state index contributed by atoms with van der Waals surface area (Å²) < 4.78 is 98.8. The van der Waals surface area contributed by atoms with Crippen molar-refractivity contribution >= 4 is 56.0 Å². The monoisotopic (exact) mass is 675 g/mol. The number of nitrogen functional groups attached to an aromatic ring is 1. The highest BCUT2D eigenvalue weighted by Gasteiger charge is 2.63.